The molecule has 0 fully saturated rings. The molecule has 0 amide bonds. The van der Waals surface area contributed by atoms with Crippen molar-refractivity contribution in [3.63, 3.8) is 0 Å². The molecule has 1 aromatic carbocycles. The molecule has 0 spiro atoms. The number of aryl methyl sites for hydroxylation is 2. The molecule has 2 N–H and O–H groups in total. The van der Waals surface area contributed by atoms with Crippen LogP contribution < -0.4 is 5.73 Å². The summed E-state index contributed by atoms with van der Waals surface area (Å²) in [6, 6.07) is 8.34. The van der Waals surface area contributed by atoms with Gasteiger partial charge in [0.25, 0.3) is 0 Å². The van der Waals surface area contributed by atoms with Gasteiger partial charge >= 0.3 is 0 Å². The first-order chi connectivity index (χ1) is 9.77. The molecule has 0 radical (unpaired) electrons. The van der Waals surface area contributed by atoms with Crippen molar-refractivity contribution in [3.8, 4) is 11.3 Å². The van der Waals surface area contributed by atoms with E-state index in [0.29, 0.717) is 6.54 Å². The van der Waals surface area contributed by atoms with Crippen molar-refractivity contribution in [1.82, 2.24) is 15.0 Å². The van der Waals surface area contributed by atoms with Crippen LogP contribution in [0.25, 0.3) is 11.3 Å². The molecule has 0 aliphatic heterocycles. The summed E-state index contributed by atoms with van der Waals surface area (Å²) >= 11 is 0. The van der Waals surface area contributed by atoms with E-state index in [0.717, 1.165) is 24.4 Å². The highest BCUT2D eigenvalue weighted by atomic mass is 15.4. The van der Waals surface area contributed by atoms with Crippen molar-refractivity contribution < 1.29 is 0 Å². The van der Waals surface area contributed by atoms with Gasteiger partial charge in [0.05, 0.1) is 5.69 Å². The third kappa shape index (κ3) is 3.25. The highest BCUT2D eigenvalue weighted by molar-refractivity contribution is 5.65. The Morgan fingerprint density at radius 2 is 1.95 bits per heavy atom. The molecule has 0 aliphatic rings. The maximum atomic E-state index is 5.81. The number of rotatable bonds is 7. The SMILES string of the molecule is CCCCCCn1nnc(CN)c1-c1ccccc1C. The van der Waals surface area contributed by atoms with Crippen molar-refractivity contribution in [3.05, 3.63) is 35.5 Å². The van der Waals surface area contributed by atoms with E-state index >= 15 is 0 Å². The summed E-state index contributed by atoms with van der Waals surface area (Å²) in [5.41, 5.74) is 10.2. The molecular weight excluding hydrogens is 248 g/mol. The Balaban J connectivity index is 2.26. The summed E-state index contributed by atoms with van der Waals surface area (Å²) in [6.45, 7) is 5.68. The Labute approximate surface area is 121 Å². The van der Waals surface area contributed by atoms with Gasteiger partial charge in [-0.3, -0.25) is 0 Å². The number of aromatic nitrogens is 3. The van der Waals surface area contributed by atoms with Crippen LogP contribution in [0, 0.1) is 6.92 Å². The molecule has 1 heterocycles. The maximum Gasteiger partial charge on any atom is 0.104 e. The van der Waals surface area contributed by atoms with Gasteiger partial charge in [0.1, 0.15) is 5.69 Å². The van der Waals surface area contributed by atoms with E-state index < -0.39 is 0 Å². The van der Waals surface area contributed by atoms with E-state index in [4.69, 9.17) is 5.73 Å². The second kappa shape index (κ2) is 7.20. The molecule has 2 aromatic rings. The van der Waals surface area contributed by atoms with Crippen molar-refractivity contribution >= 4 is 0 Å². The predicted molar refractivity (Wildman–Crippen MR) is 82.2 cm³/mol. The third-order valence-electron chi connectivity index (χ3n) is 3.62. The van der Waals surface area contributed by atoms with Crippen LogP contribution in [0.5, 0.6) is 0 Å². The lowest BCUT2D eigenvalue weighted by molar-refractivity contribution is 0.531. The number of benzene rings is 1. The Morgan fingerprint density at radius 3 is 2.65 bits per heavy atom. The predicted octanol–water partition coefficient (Wildman–Crippen LogP) is 3.29. The highest BCUT2D eigenvalue weighted by Gasteiger charge is 2.15. The minimum Gasteiger partial charge on any atom is -0.325 e. The molecule has 4 heteroatoms. The Kier molecular flexibility index (Phi) is 5.30. The Hall–Kier alpha value is -1.68. The molecule has 0 aliphatic carbocycles. The van der Waals surface area contributed by atoms with Gasteiger partial charge in [-0.1, -0.05) is 55.7 Å². The van der Waals surface area contributed by atoms with Crippen LogP contribution in [0.2, 0.25) is 0 Å². The van der Waals surface area contributed by atoms with Crippen LogP contribution in [0.15, 0.2) is 24.3 Å². The number of nitrogens with two attached hydrogens (primary N) is 1. The lowest BCUT2D eigenvalue weighted by Crippen LogP contribution is -2.05. The highest BCUT2D eigenvalue weighted by Crippen LogP contribution is 2.25. The lowest BCUT2D eigenvalue weighted by atomic mass is 10.0. The summed E-state index contributed by atoms with van der Waals surface area (Å²) in [5.74, 6) is 0. The molecule has 20 heavy (non-hydrogen) atoms. The van der Waals surface area contributed by atoms with Crippen LogP contribution in [0.1, 0.15) is 43.9 Å². The van der Waals surface area contributed by atoms with Gasteiger partial charge in [-0.15, -0.1) is 5.10 Å². The third-order valence-corrected chi connectivity index (χ3v) is 3.62. The van der Waals surface area contributed by atoms with Crippen molar-refractivity contribution in [1.29, 1.82) is 0 Å². The molecule has 0 bridgehead atoms. The van der Waals surface area contributed by atoms with Gasteiger partial charge in [0, 0.05) is 18.7 Å². The van der Waals surface area contributed by atoms with E-state index in [1.165, 1.54) is 30.4 Å². The zero-order chi connectivity index (χ0) is 14.4. The van der Waals surface area contributed by atoms with E-state index in [1.807, 2.05) is 4.68 Å². The summed E-state index contributed by atoms with van der Waals surface area (Å²) in [4.78, 5) is 0. The monoisotopic (exact) mass is 272 g/mol. The van der Waals surface area contributed by atoms with Crippen molar-refractivity contribution in [2.75, 3.05) is 0 Å². The van der Waals surface area contributed by atoms with E-state index in [1.54, 1.807) is 0 Å². The largest absolute Gasteiger partial charge is 0.325 e. The Bertz CT molecular complexity index is 545. The lowest BCUT2D eigenvalue weighted by Gasteiger charge is -2.10. The molecule has 0 saturated heterocycles. The fraction of sp³-hybridized carbons (Fsp3) is 0.500. The first-order valence-corrected chi connectivity index (χ1v) is 7.46. The average molecular weight is 272 g/mol. The zero-order valence-electron chi connectivity index (χ0n) is 12.5. The molecule has 1 aromatic heterocycles. The smallest absolute Gasteiger partial charge is 0.104 e. The number of unbranched alkanes of at least 4 members (excludes halogenated alkanes) is 3. The molecule has 0 unspecified atom stereocenters. The average Bonchev–Trinajstić information content (AvgIpc) is 2.87. The summed E-state index contributed by atoms with van der Waals surface area (Å²) < 4.78 is 2.01. The van der Waals surface area contributed by atoms with Gasteiger partial charge < -0.3 is 5.73 Å². The van der Waals surface area contributed by atoms with Crippen LogP contribution in [0.3, 0.4) is 0 Å². The molecule has 0 saturated carbocycles. The minimum absolute atomic E-state index is 0.429. The number of hydrogen-bond donors (Lipinski definition) is 1. The second-order valence-corrected chi connectivity index (χ2v) is 5.19. The van der Waals surface area contributed by atoms with Gasteiger partial charge in [-0.25, -0.2) is 4.68 Å². The molecule has 0 atom stereocenters. The number of nitrogens with zero attached hydrogens (tertiary/aromatic N) is 3. The molecular formula is C16H24N4. The van der Waals surface area contributed by atoms with Crippen molar-refractivity contribution in [2.45, 2.75) is 52.6 Å². The molecule has 108 valence electrons. The minimum atomic E-state index is 0.429. The van der Waals surface area contributed by atoms with Gasteiger partial charge in [0.15, 0.2) is 0 Å². The normalized spacial score (nSPS) is 10.9. The van der Waals surface area contributed by atoms with Crippen LogP contribution in [-0.4, -0.2) is 15.0 Å². The van der Waals surface area contributed by atoms with Crippen LogP contribution >= 0.6 is 0 Å². The van der Waals surface area contributed by atoms with E-state index in [2.05, 4.69) is 48.4 Å². The van der Waals surface area contributed by atoms with E-state index in [-0.39, 0.29) is 0 Å². The quantitative estimate of drug-likeness (QED) is 0.787. The molecule has 2 rings (SSSR count). The first kappa shape index (κ1) is 14.7. The van der Waals surface area contributed by atoms with E-state index in [9.17, 15) is 0 Å². The maximum absolute atomic E-state index is 5.81. The number of hydrogen-bond acceptors (Lipinski definition) is 3. The summed E-state index contributed by atoms with van der Waals surface area (Å²) in [7, 11) is 0. The van der Waals surface area contributed by atoms with Crippen molar-refractivity contribution in [2.24, 2.45) is 5.73 Å². The zero-order valence-corrected chi connectivity index (χ0v) is 12.5. The topological polar surface area (TPSA) is 56.7 Å². The Morgan fingerprint density at radius 1 is 1.15 bits per heavy atom. The summed E-state index contributed by atoms with van der Waals surface area (Å²) in [5, 5.41) is 8.53. The second-order valence-electron chi connectivity index (χ2n) is 5.19. The van der Waals surface area contributed by atoms with Gasteiger partial charge in [-0.2, -0.15) is 0 Å². The fourth-order valence-corrected chi connectivity index (χ4v) is 2.46. The fourth-order valence-electron chi connectivity index (χ4n) is 2.46. The first-order valence-electron chi connectivity index (χ1n) is 7.46. The van der Waals surface area contributed by atoms with Crippen LogP contribution in [-0.2, 0) is 13.1 Å². The van der Waals surface area contributed by atoms with Gasteiger partial charge in [0.2, 0.25) is 0 Å². The molecule has 4 nitrogen and oxygen atoms in total. The van der Waals surface area contributed by atoms with Crippen LogP contribution in [0.4, 0.5) is 0 Å². The summed E-state index contributed by atoms with van der Waals surface area (Å²) in [6.07, 6.45) is 4.90. The standard InChI is InChI=1S/C16H24N4/c1-3-4-5-8-11-20-16(15(12-17)18-19-20)14-10-7-6-9-13(14)2/h6-7,9-10H,3-5,8,11-12,17H2,1-2H3. The van der Waals surface area contributed by atoms with Gasteiger partial charge in [-0.05, 0) is 18.9 Å².